The first-order valence-corrected chi connectivity index (χ1v) is 31.3. The topological polar surface area (TPSA) is 118 Å². The van der Waals surface area contributed by atoms with Crippen LogP contribution in [0.25, 0.3) is 101 Å². The quantitative estimate of drug-likeness (QED) is 0.158. The van der Waals surface area contributed by atoms with Crippen LogP contribution in [0.5, 0.6) is 0 Å². The molecule has 0 saturated carbocycles. The second-order valence-electron chi connectivity index (χ2n) is 23.1. The van der Waals surface area contributed by atoms with Gasteiger partial charge in [-0.2, -0.15) is 24.9 Å². The Morgan fingerprint density at radius 3 is 0.891 bits per heavy atom. The second-order valence-corrected chi connectivity index (χ2v) is 24.1. The van der Waals surface area contributed by atoms with Crippen LogP contribution in [0.3, 0.4) is 0 Å². The van der Waals surface area contributed by atoms with Crippen molar-refractivity contribution in [2.45, 2.75) is 10.8 Å². The van der Waals surface area contributed by atoms with Crippen LogP contribution in [0.2, 0.25) is 15.9 Å². The van der Waals surface area contributed by atoms with E-state index in [1.165, 1.54) is 77.9 Å². The Hall–Kier alpha value is -10.5. The van der Waals surface area contributed by atoms with Gasteiger partial charge in [0.2, 0.25) is 15.9 Å². The highest BCUT2D eigenvalue weighted by molar-refractivity contribution is 6.58. The lowest BCUT2D eigenvalue weighted by Gasteiger charge is -2.30. The second kappa shape index (κ2) is 23.1. The lowest BCUT2D eigenvalue weighted by molar-refractivity contribution is 0.425. The van der Waals surface area contributed by atoms with Crippen molar-refractivity contribution in [1.82, 2.24) is 29.9 Å². The summed E-state index contributed by atoms with van der Waals surface area (Å²) >= 11 is 18.2. The number of hydrogen-bond donors (Lipinski definition) is 2. The highest BCUT2D eigenvalue weighted by atomic mass is 35.5. The molecule has 0 amide bonds. The van der Waals surface area contributed by atoms with Crippen molar-refractivity contribution in [3.05, 3.63) is 352 Å². The third kappa shape index (κ3) is 9.31. The molecule has 0 saturated heterocycles. The zero-order valence-corrected chi connectivity index (χ0v) is 51.3. The van der Waals surface area contributed by atoms with Crippen molar-refractivity contribution in [1.29, 1.82) is 0 Å². The van der Waals surface area contributed by atoms with Gasteiger partial charge in [0.05, 0.1) is 10.8 Å². The largest absolute Gasteiger partial charge is 0.488 e. The summed E-state index contributed by atoms with van der Waals surface area (Å²) in [7, 11) is -1.49. The van der Waals surface area contributed by atoms with Crippen LogP contribution in [-0.4, -0.2) is 47.1 Å². The van der Waals surface area contributed by atoms with Gasteiger partial charge in [0.15, 0.2) is 17.5 Å². The summed E-state index contributed by atoms with van der Waals surface area (Å²) in [6.45, 7) is 0. The maximum atomic E-state index is 9.85. The summed E-state index contributed by atoms with van der Waals surface area (Å²) in [4.78, 5) is 26.1. The lowest BCUT2D eigenvalue weighted by Crippen LogP contribution is -2.32. The Balaban J connectivity index is 0.000000120. The summed E-state index contributed by atoms with van der Waals surface area (Å²) in [5.74, 6) is 1.57. The molecule has 12 aromatic carbocycles. The SMILES string of the molecule is Clc1nc(-c2cccc(-c3ccccc3)c2)nc(-c2ccc3c(c2)C2(c4ccccc4-c4ccccc42)c2ccccc2-3)n1.Clc1nc(Cl)nc(-c2cccc(-c3ccccc3)c2)n1.OB(O)c1ccc2c(c1)C1(c3ccccc3-c3ccccc31)c1ccccc1-2. The molecule has 0 fully saturated rings. The fraction of sp³-hybridized carbons (Fsp3) is 0.0250. The maximum Gasteiger partial charge on any atom is 0.488 e. The Kier molecular flexibility index (Phi) is 14.2. The van der Waals surface area contributed by atoms with E-state index in [2.05, 4.69) is 213 Å². The van der Waals surface area contributed by atoms with Crippen LogP contribution in [-0.2, 0) is 10.8 Å². The first kappa shape index (κ1) is 56.7. The van der Waals surface area contributed by atoms with E-state index < -0.39 is 17.9 Å². The predicted molar refractivity (Wildman–Crippen MR) is 371 cm³/mol. The third-order valence-electron chi connectivity index (χ3n) is 18.2. The number of hydrogen-bond acceptors (Lipinski definition) is 8. The summed E-state index contributed by atoms with van der Waals surface area (Å²) in [5, 5.41) is 20.0. The normalized spacial score (nSPS) is 13.0. The number of fused-ring (bicyclic) bond motifs is 20. The van der Waals surface area contributed by atoms with Gasteiger partial charge in [-0.05, 0) is 170 Å². The molecule has 2 spiro atoms. The van der Waals surface area contributed by atoms with E-state index in [4.69, 9.17) is 39.8 Å². The van der Waals surface area contributed by atoms with Gasteiger partial charge in [0.25, 0.3) is 0 Å². The molecule has 12 heteroatoms. The molecule has 0 atom stereocenters. The minimum atomic E-state index is -1.49. The minimum absolute atomic E-state index is 0.0881. The highest BCUT2D eigenvalue weighted by Gasteiger charge is 2.53. The molecule has 92 heavy (non-hydrogen) atoms. The van der Waals surface area contributed by atoms with Crippen molar-refractivity contribution in [3.8, 4) is 101 Å². The smallest absolute Gasteiger partial charge is 0.423 e. The third-order valence-corrected chi connectivity index (χ3v) is 18.7. The first-order valence-electron chi connectivity index (χ1n) is 30.2. The Bertz CT molecular complexity index is 5090. The van der Waals surface area contributed by atoms with Crippen LogP contribution in [0, 0.1) is 0 Å². The Morgan fingerprint density at radius 1 is 0.228 bits per heavy atom. The molecule has 436 valence electrons. The van der Waals surface area contributed by atoms with Crippen LogP contribution in [0.4, 0.5) is 0 Å². The van der Waals surface area contributed by atoms with Crippen LogP contribution >= 0.6 is 34.8 Å². The molecule has 2 heterocycles. The molecule has 4 aliphatic rings. The van der Waals surface area contributed by atoms with E-state index in [0.29, 0.717) is 22.9 Å². The molecular weight excluding hydrogens is 1190 g/mol. The predicted octanol–water partition coefficient (Wildman–Crippen LogP) is 18.1. The van der Waals surface area contributed by atoms with Gasteiger partial charge in [-0.1, -0.05) is 273 Å². The van der Waals surface area contributed by atoms with Gasteiger partial charge >= 0.3 is 7.12 Å². The molecule has 0 aliphatic heterocycles. The molecule has 8 nitrogen and oxygen atoms in total. The fourth-order valence-electron chi connectivity index (χ4n) is 14.5. The van der Waals surface area contributed by atoms with Gasteiger partial charge in [0, 0.05) is 16.7 Å². The van der Waals surface area contributed by atoms with Gasteiger partial charge < -0.3 is 10.0 Å². The van der Waals surface area contributed by atoms with Crippen molar-refractivity contribution in [2.24, 2.45) is 0 Å². The van der Waals surface area contributed by atoms with Crippen LogP contribution in [0.15, 0.2) is 291 Å². The number of halogens is 3. The number of benzene rings is 12. The van der Waals surface area contributed by atoms with E-state index in [-0.39, 0.29) is 15.9 Å². The van der Waals surface area contributed by atoms with Gasteiger partial charge in [-0.15, -0.1) is 0 Å². The first-order chi connectivity index (χ1) is 45.2. The summed E-state index contributed by atoms with van der Waals surface area (Å²) in [5.41, 5.74) is 26.7. The molecule has 2 aromatic heterocycles. The molecule has 2 N–H and O–H groups in total. The highest BCUT2D eigenvalue weighted by Crippen LogP contribution is 2.64. The maximum absolute atomic E-state index is 9.85. The van der Waals surface area contributed by atoms with Crippen molar-refractivity contribution >= 4 is 47.4 Å². The van der Waals surface area contributed by atoms with E-state index in [0.717, 1.165) is 50.1 Å². The van der Waals surface area contributed by atoms with E-state index in [1.807, 2.05) is 103 Å². The van der Waals surface area contributed by atoms with Crippen molar-refractivity contribution in [2.75, 3.05) is 0 Å². The zero-order valence-electron chi connectivity index (χ0n) is 49.0. The molecule has 0 bridgehead atoms. The van der Waals surface area contributed by atoms with Gasteiger partial charge in [-0.25, -0.2) is 4.98 Å². The molecule has 14 aromatic rings. The van der Waals surface area contributed by atoms with Crippen molar-refractivity contribution < 1.29 is 10.0 Å². The van der Waals surface area contributed by atoms with E-state index >= 15 is 0 Å². The standard InChI is InChI=1S/C40H24ClN3.C25H17BO2.C15H9Cl2N3/c41-39-43-37(27-14-10-13-26(23-27)25-11-2-1-3-12-25)42-38(44-39)28-21-22-32-31-17-6-9-20-35(31)40(36(32)24-28)33-18-7-4-15-29(33)30-16-5-8-19-34(30)40;27-26(28)16-13-14-20-19-9-3-6-12-23(19)25(24(20)15-16)21-10-4-1-7-17(21)18-8-2-5-11-22(18)25;16-14-18-13(19-15(17)20-14)12-8-4-7-11(9-12)10-5-2-1-3-6-10/h1-24H;1-15,27-28H;1-9H. The molecule has 18 rings (SSSR count). The number of aromatic nitrogens is 6. The molecule has 0 radical (unpaired) electrons. The Labute approximate surface area is 547 Å². The monoisotopic (exact) mass is 1240 g/mol. The Morgan fingerprint density at radius 2 is 0.511 bits per heavy atom. The average Bonchev–Trinajstić information content (AvgIpc) is 1.52. The van der Waals surface area contributed by atoms with Crippen LogP contribution in [0.1, 0.15) is 44.5 Å². The van der Waals surface area contributed by atoms with Crippen molar-refractivity contribution in [3.63, 3.8) is 0 Å². The van der Waals surface area contributed by atoms with Gasteiger partial charge in [0.1, 0.15) is 0 Å². The minimum Gasteiger partial charge on any atom is -0.423 e. The summed E-state index contributed by atoms with van der Waals surface area (Å²) in [6.07, 6.45) is 0. The summed E-state index contributed by atoms with van der Waals surface area (Å²) < 4.78 is 0. The van der Waals surface area contributed by atoms with E-state index in [1.54, 1.807) is 0 Å². The number of rotatable bonds is 6. The fourth-order valence-corrected chi connectivity index (χ4v) is 15.0. The van der Waals surface area contributed by atoms with Crippen LogP contribution < -0.4 is 5.46 Å². The van der Waals surface area contributed by atoms with Gasteiger partial charge in [-0.3, -0.25) is 0 Å². The zero-order chi connectivity index (χ0) is 62.1. The average molecular weight is 1240 g/mol. The molecular formula is C80H50BCl3N6O2. The summed E-state index contributed by atoms with van der Waals surface area (Å²) in [6, 6.07) is 101. The molecule has 0 unspecified atom stereocenters. The molecule has 4 aliphatic carbocycles. The lowest BCUT2D eigenvalue weighted by atomic mass is 9.68. The van der Waals surface area contributed by atoms with E-state index in [9.17, 15) is 10.0 Å². The number of nitrogens with zero attached hydrogens (tertiary/aromatic N) is 6.